The quantitative estimate of drug-likeness (QED) is 0.650. The van der Waals surface area contributed by atoms with Crippen LogP contribution in [0.2, 0.25) is 0 Å². The Morgan fingerprint density at radius 2 is 2.12 bits per heavy atom. The van der Waals surface area contributed by atoms with Gasteiger partial charge in [-0.25, -0.2) is 13.1 Å². The van der Waals surface area contributed by atoms with Gasteiger partial charge in [0, 0.05) is 13.6 Å². The maximum absolute atomic E-state index is 11.9. The number of nitrogens with one attached hydrogen (secondary N) is 1. The molecule has 0 saturated carbocycles. The summed E-state index contributed by atoms with van der Waals surface area (Å²) in [7, 11) is -2.05. The van der Waals surface area contributed by atoms with E-state index >= 15 is 0 Å². The first-order chi connectivity index (χ1) is 11.9. The lowest BCUT2D eigenvalue weighted by molar-refractivity contribution is -0.151. The Morgan fingerprint density at radius 3 is 2.76 bits per heavy atom. The highest BCUT2D eigenvalue weighted by molar-refractivity contribution is 7.91. The fourth-order valence-corrected chi connectivity index (χ4v) is 3.89. The number of carbonyl (C=O) groups is 2. The molecule has 0 aliphatic carbocycles. The summed E-state index contributed by atoms with van der Waals surface area (Å²) in [6.45, 7) is -0.243. The Hall–Kier alpha value is -2.17. The van der Waals surface area contributed by atoms with Crippen molar-refractivity contribution < 1.29 is 27.2 Å². The Kier molecular flexibility index (Phi) is 6.73. The Bertz CT molecular complexity index is 784. The fraction of sp³-hybridized carbons (Fsp3) is 0.333. The summed E-state index contributed by atoms with van der Waals surface area (Å²) >= 11 is 1.08. The van der Waals surface area contributed by atoms with Crippen molar-refractivity contribution in [2.45, 2.75) is 17.2 Å². The van der Waals surface area contributed by atoms with Crippen LogP contribution in [0.5, 0.6) is 0 Å². The van der Waals surface area contributed by atoms with Crippen LogP contribution in [-0.2, 0) is 30.9 Å². The van der Waals surface area contributed by atoms with Crippen LogP contribution in [0.1, 0.15) is 12.2 Å². The van der Waals surface area contributed by atoms with E-state index in [9.17, 15) is 18.0 Å². The number of amides is 1. The van der Waals surface area contributed by atoms with E-state index in [0.29, 0.717) is 5.76 Å². The summed E-state index contributed by atoms with van der Waals surface area (Å²) in [4.78, 5) is 24.8. The van der Waals surface area contributed by atoms with Crippen molar-refractivity contribution in [2.24, 2.45) is 0 Å². The molecule has 0 atom stereocenters. The zero-order valence-electron chi connectivity index (χ0n) is 13.5. The van der Waals surface area contributed by atoms with Gasteiger partial charge in [-0.1, -0.05) is 6.07 Å². The van der Waals surface area contributed by atoms with E-state index in [0.717, 1.165) is 11.3 Å². The topological polar surface area (TPSA) is 106 Å². The lowest BCUT2D eigenvalue weighted by Gasteiger charge is -2.15. The van der Waals surface area contributed by atoms with E-state index in [2.05, 4.69) is 4.72 Å². The lowest BCUT2D eigenvalue weighted by Crippen LogP contribution is -2.31. The Labute approximate surface area is 149 Å². The van der Waals surface area contributed by atoms with Gasteiger partial charge in [-0.3, -0.25) is 9.59 Å². The molecule has 0 bridgehead atoms. The molecule has 0 saturated heterocycles. The number of carbonyl (C=O) groups excluding carboxylic acids is 2. The molecule has 2 aromatic rings. The SMILES string of the molecule is CN(Cc1ccco1)C(=O)COC(=O)CCNS(=O)(=O)c1cccs1. The second-order valence-corrected chi connectivity index (χ2v) is 8.01. The van der Waals surface area contributed by atoms with E-state index < -0.39 is 22.6 Å². The molecular formula is C15H18N2O6S2. The van der Waals surface area contributed by atoms with Crippen LogP contribution in [0.4, 0.5) is 0 Å². The van der Waals surface area contributed by atoms with Crippen LogP contribution >= 0.6 is 11.3 Å². The van der Waals surface area contributed by atoms with Crippen molar-refractivity contribution in [3.8, 4) is 0 Å². The Balaban J connectivity index is 1.67. The van der Waals surface area contributed by atoms with Gasteiger partial charge >= 0.3 is 5.97 Å². The van der Waals surface area contributed by atoms with E-state index in [1.807, 2.05) is 0 Å². The molecule has 8 nitrogen and oxygen atoms in total. The molecule has 0 fully saturated rings. The number of furan rings is 1. The molecule has 1 N–H and O–H groups in total. The fourth-order valence-electron chi connectivity index (χ4n) is 1.82. The zero-order valence-corrected chi connectivity index (χ0v) is 15.1. The third-order valence-corrected chi connectivity index (χ3v) is 6.00. The highest BCUT2D eigenvalue weighted by Gasteiger charge is 2.16. The first-order valence-corrected chi connectivity index (χ1v) is 9.70. The van der Waals surface area contributed by atoms with Crippen molar-refractivity contribution in [2.75, 3.05) is 20.2 Å². The van der Waals surface area contributed by atoms with Crippen LogP contribution in [0.3, 0.4) is 0 Å². The smallest absolute Gasteiger partial charge is 0.307 e. The highest BCUT2D eigenvalue weighted by Crippen LogP contribution is 2.15. The number of thiophene rings is 1. The monoisotopic (exact) mass is 386 g/mol. The first kappa shape index (κ1) is 19.2. The zero-order chi connectivity index (χ0) is 18.3. The minimum atomic E-state index is -3.61. The van der Waals surface area contributed by atoms with Crippen LogP contribution in [-0.4, -0.2) is 45.4 Å². The summed E-state index contributed by atoms with van der Waals surface area (Å²) in [6, 6.07) is 6.54. The van der Waals surface area contributed by atoms with Crippen molar-refractivity contribution in [3.05, 3.63) is 41.7 Å². The number of rotatable bonds is 9. The molecule has 0 unspecified atom stereocenters. The van der Waals surface area contributed by atoms with Gasteiger partial charge in [0.15, 0.2) is 6.61 Å². The first-order valence-electron chi connectivity index (χ1n) is 7.33. The molecule has 0 aliphatic heterocycles. The number of hydrogen-bond donors (Lipinski definition) is 1. The molecule has 136 valence electrons. The average molecular weight is 386 g/mol. The van der Waals surface area contributed by atoms with Crippen molar-refractivity contribution in [1.29, 1.82) is 0 Å². The van der Waals surface area contributed by atoms with E-state index in [-0.39, 0.29) is 29.6 Å². The third-order valence-electron chi connectivity index (χ3n) is 3.14. The number of hydrogen-bond acceptors (Lipinski definition) is 7. The molecule has 0 aliphatic rings. The molecule has 1 amide bonds. The summed E-state index contributed by atoms with van der Waals surface area (Å²) in [6.07, 6.45) is 1.34. The Morgan fingerprint density at radius 1 is 1.32 bits per heavy atom. The number of likely N-dealkylation sites (N-methyl/N-ethyl adjacent to an activating group) is 1. The normalized spacial score (nSPS) is 11.2. The number of esters is 1. The summed E-state index contributed by atoms with van der Waals surface area (Å²) in [5.74, 6) is -0.428. The van der Waals surface area contributed by atoms with Gasteiger partial charge < -0.3 is 14.1 Å². The van der Waals surface area contributed by atoms with Crippen LogP contribution in [0.15, 0.2) is 44.5 Å². The minimum Gasteiger partial charge on any atom is -0.467 e. The van der Waals surface area contributed by atoms with Gasteiger partial charge in [0.1, 0.15) is 9.97 Å². The highest BCUT2D eigenvalue weighted by atomic mass is 32.2. The minimum absolute atomic E-state index is 0.102. The standard InChI is InChI=1S/C15H18N2O6S2/c1-17(10-12-4-2-8-22-12)13(18)11-23-14(19)6-7-16-25(20,21)15-5-3-9-24-15/h2-5,8-9,16H,6-7,10-11H2,1H3. The van der Waals surface area contributed by atoms with Gasteiger partial charge in [0.05, 0.1) is 19.2 Å². The van der Waals surface area contributed by atoms with E-state index in [1.165, 1.54) is 17.2 Å². The third kappa shape index (κ3) is 6.00. The molecule has 0 radical (unpaired) electrons. The largest absolute Gasteiger partial charge is 0.467 e. The van der Waals surface area contributed by atoms with Gasteiger partial charge in [0.2, 0.25) is 10.0 Å². The predicted octanol–water partition coefficient (Wildman–Crippen LogP) is 1.21. The molecule has 2 aromatic heterocycles. The maximum Gasteiger partial charge on any atom is 0.307 e. The molecule has 0 spiro atoms. The van der Waals surface area contributed by atoms with Crippen molar-refractivity contribution >= 4 is 33.2 Å². The van der Waals surface area contributed by atoms with E-state index in [4.69, 9.17) is 9.15 Å². The molecular weight excluding hydrogens is 368 g/mol. The van der Waals surface area contributed by atoms with E-state index in [1.54, 1.807) is 30.6 Å². The number of ether oxygens (including phenoxy) is 1. The van der Waals surface area contributed by atoms with Crippen LogP contribution in [0, 0.1) is 0 Å². The number of sulfonamides is 1. The molecule has 25 heavy (non-hydrogen) atoms. The molecule has 10 heteroatoms. The van der Waals surface area contributed by atoms with Gasteiger partial charge in [-0.15, -0.1) is 11.3 Å². The average Bonchev–Trinajstić information content (AvgIpc) is 3.25. The summed E-state index contributed by atoms with van der Waals surface area (Å²) in [5, 5.41) is 1.65. The molecule has 0 aromatic carbocycles. The van der Waals surface area contributed by atoms with Crippen LogP contribution in [0.25, 0.3) is 0 Å². The lowest BCUT2D eigenvalue weighted by atomic mass is 10.4. The second kappa shape index (κ2) is 8.79. The summed E-state index contributed by atoms with van der Waals surface area (Å²) < 4.78 is 36.2. The number of nitrogens with zero attached hydrogens (tertiary/aromatic N) is 1. The van der Waals surface area contributed by atoms with Crippen molar-refractivity contribution in [1.82, 2.24) is 9.62 Å². The van der Waals surface area contributed by atoms with Crippen molar-refractivity contribution in [3.63, 3.8) is 0 Å². The van der Waals surface area contributed by atoms with Gasteiger partial charge in [0.25, 0.3) is 5.91 Å². The van der Waals surface area contributed by atoms with Gasteiger partial charge in [-0.2, -0.15) is 0 Å². The van der Waals surface area contributed by atoms with Gasteiger partial charge in [-0.05, 0) is 23.6 Å². The second-order valence-electron chi connectivity index (χ2n) is 5.07. The molecule has 2 rings (SSSR count). The maximum atomic E-state index is 11.9. The summed E-state index contributed by atoms with van der Waals surface area (Å²) in [5.41, 5.74) is 0. The predicted molar refractivity (Wildman–Crippen MR) is 90.3 cm³/mol. The molecule has 2 heterocycles. The van der Waals surface area contributed by atoms with Crippen LogP contribution < -0.4 is 4.72 Å².